The van der Waals surface area contributed by atoms with Crippen molar-refractivity contribution in [2.75, 3.05) is 0 Å². The highest BCUT2D eigenvalue weighted by molar-refractivity contribution is 7.18. The van der Waals surface area contributed by atoms with E-state index < -0.39 is 0 Å². The summed E-state index contributed by atoms with van der Waals surface area (Å²) < 4.78 is 0. The molecule has 0 spiro atoms. The van der Waals surface area contributed by atoms with Crippen molar-refractivity contribution in [1.82, 2.24) is 9.97 Å². The van der Waals surface area contributed by atoms with Crippen LogP contribution in [0.3, 0.4) is 0 Å². The van der Waals surface area contributed by atoms with Crippen LogP contribution in [0.5, 0.6) is 5.75 Å². The number of rotatable bonds is 1. The molecule has 0 amide bonds. The Balaban J connectivity index is 1.92. The molecule has 0 atom stereocenters. The Hall–Kier alpha value is -2.14. The Kier molecular flexibility index (Phi) is 3.22. The Morgan fingerprint density at radius 1 is 1.18 bits per heavy atom. The molecular formula is C17H16N2O2S. The molecule has 5 heteroatoms. The Morgan fingerprint density at radius 3 is 2.91 bits per heavy atom. The minimum atomic E-state index is -0.0669. The number of aromatic nitrogens is 2. The summed E-state index contributed by atoms with van der Waals surface area (Å²) in [5.74, 6) is 0.687. The first-order valence-electron chi connectivity index (χ1n) is 7.56. The number of nitrogens with zero attached hydrogens (tertiary/aromatic N) is 1. The van der Waals surface area contributed by atoms with Gasteiger partial charge in [0.25, 0.3) is 5.56 Å². The van der Waals surface area contributed by atoms with Crippen molar-refractivity contribution in [1.29, 1.82) is 0 Å². The molecule has 0 aliphatic heterocycles. The van der Waals surface area contributed by atoms with Crippen molar-refractivity contribution in [3.05, 3.63) is 45.1 Å². The molecule has 4 rings (SSSR count). The zero-order valence-corrected chi connectivity index (χ0v) is 12.9. The molecule has 1 aliphatic carbocycles. The first-order valence-corrected chi connectivity index (χ1v) is 8.38. The summed E-state index contributed by atoms with van der Waals surface area (Å²) >= 11 is 1.65. The summed E-state index contributed by atoms with van der Waals surface area (Å²) in [6.07, 6.45) is 5.60. The van der Waals surface area contributed by atoms with Gasteiger partial charge in [-0.15, -0.1) is 11.3 Å². The van der Waals surface area contributed by atoms with Gasteiger partial charge in [-0.2, -0.15) is 0 Å². The van der Waals surface area contributed by atoms with Crippen LogP contribution in [0.15, 0.2) is 29.1 Å². The largest absolute Gasteiger partial charge is 0.508 e. The van der Waals surface area contributed by atoms with Gasteiger partial charge in [-0.05, 0) is 43.4 Å². The standard InChI is InChI=1S/C17H16N2O2S/c20-11-6-4-5-10(9-11)15-18-16(21)14-12-7-2-1-3-8-13(12)22-17(14)19-15/h4-6,9,20H,1-3,7-8H2,(H,18,19,21). The molecule has 112 valence electrons. The molecule has 2 aromatic heterocycles. The average molecular weight is 312 g/mol. The van der Waals surface area contributed by atoms with E-state index in [9.17, 15) is 9.90 Å². The fourth-order valence-corrected chi connectivity index (χ4v) is 4.39. The molecule has 4 nitrogen and oxygen atoms in total. The molecular weight excluding hydrogens is 296 g/mol. The number of nitrogens with one attached hydrogen (secondary N) is 1. The van der Waals surface area contributed by atoms with Crippen LogP contribution in [0.25, 0.3) is 21.6 Å². The van der Waals surface area contributed by atoms with Gasteiger partial charge < -0.3 is 10.1 Å². The summed E-state index contributed by atoms with van der Waals surface area (Å²) in [7, 11) is 0. The second kappa shape index (κ2) is 5.25. The van der Waals surface area contributed by atoms with Crippen LogP contribution in [0.4, 0.5) is 0 Å². The van der Waals surface area contributed by atoms with Gasteiger partial charge in [-0.25, -0.2) is 4.98 Å². The van der Waals surface area contributed by atoms with Gasteiger partial charge in [0, 0.05) is 10.4 Å². The van der Waals surface area contributed by atoms with E-state index in [0.29, 0.717) is 5.82 Å². The summed E-state index contributed by atoms with van der Waals surface area (Å²) in [6, 6.07) is 6.80. The van der Waals surface area contributed by atoms with Crippen molar-refractivity contribution >= 4 is 21.6 Å². The van der Waals surface area contributed by atoms with E-state index in [1.807, 2.05) is 6.07 Å². The summed E-state index contributed by atoms with van der Waals surface area (Å²) in [5, 5.41) is 10.4. The van der Waals surface area contributed by atoms with Crippen LogP contribution in [-0.4, -0.2) is 15.1 Å². The predicted molar refractivity (Wildman–Crippen MR) is 88.6 cm³/mol. The summed E-state index contributed by atoms with van der Waals surface area (Å²) in [5.41, 5.74) is 1.86. The molecule has 2 N–H and O–H groups in total. The lowest BCUT2D eigenvalue weighted by Gasteiger charge is -2.02. The van der Waals surface area contributed by atoms with Gasteiger partial charge in [0.15, 0.2) is 0 Å². The van der Waals surface area contributed by atoms with Crippen LogP contribution >= 0.6 is 11.3 Å². The lowest BCUT2D eigenvalue weighted by Crippen LogP contribution is -2.10. The third kappa shape index (κ3) is 2.22. The van der Waals surface area contributed by atoms with Crippen molar-refractivity contribution in [3.8, 4) is 17.1 Å². The van der Waals surface area contributed by atoms with Crippen molar-refractivity contribution < 1.29 is 5.11 Å². The molecule has 0 unspecified atom stereocenters. The van der Waals surface area contributed by atoms with E-state index in [4.69, 9.17) is 0 Å². The Bertz CT molecular complexity index is 911. The van der Waals surface area contributed by atoms with E-state index in [-0.39, 0.29) is 11.3 Å². The number of benzene rings is 1. The zero-order chi connectivity index (χ0) is 15.1. The number of H-pyrrole nitrogens is 1. The molecule has 0 saturated carbocycles. The SMILES string of the molecule is O=c1[nH]c(-c2cccc(O)c2)nc2sc3c(c12)CCCCC3. The van der Waals surface area contributed by atoms with Crippen LogP contribution in [0.2, 0.25) is 0 Å². The molecule has 22 heavy (non-hydrogen) atoms. The predicted octanol–water partition coefficient (Wildman–Crippen LogP) is 3.63. The molecule has 0 fully saturated rings. The topological polar surface area (TPSA) is 66.0 Å². The van der Waals surface area contributed by atoms with Gasteiger partial charge >= 0.3 is 0 Å². The zero-order valence-electron chi connectivity index (χ0n) is 12.1. The molecule has 0 radical (unpaired) electrons. The first kappa shape index (κ1) is 13.5. The Labute approximate surface area is 131 Å². The van der Waals surface area contributed by atoms with Crippen LogP contribution in [-0.2, 0) is 12.8 Å². The third-order valence-electron chi connectivity index (χ3n) is 4.19. The van der Waals surface area contributed by atoms with E-state index >= 15 is 0 Å². The second-order valence-corrected chi connectivity index (χ2v) is 6.79. The van der Waals surface area contributed by atoms with Crippen LogP contribution in [0, 0.1) is 0 Å². The number of phenols is 1. The fourth-order valence-electron chi connectivity index (χ4n) is 3.13. The lowest BCUT2D eigenvalue weighted by atomic mass is 10.1. The average Bonchev–Trinajstić information content (AvgIpc) is 2.70. The summed E-state index contributed by atoms with van der Waals surface area (Å²) in [6.45, 7) is 0. The van der Waals surface area contributed by atoms with E-state index in [1.54, 1.807) is 29.5 Å². The minimum absolute atomic E-state index is 0.0669. The highest BCUT2D eigenvalue weighted by Crippen LogP contribution is 2.33. The maximum Gasteiger partial charge on any atom is 0.260 e. The molecule has 0 saturated heterocycles. The van der Waals surface area contributed by atoms with Gasteiger partial charge in [-0.1, -0.05) is 18.6 Å². The van der Waals surface area contributed by atoms with Crippen molar-refractivity contribution in [2.45, 2.75) is 32.1 Å². The molecule has 1 aliphatic rings. The number of hydrogen-bond acceptors (Lipinski definition) is 4. The number of aromatic amines is 1. The van der Waals surface area contributed by atoms with Gasteiger partial charge in [0.2, 0.25) is 0 Å². The molecule has 1 aromatic carbocycles. The number of aryl methyl sites for hydroxylation is 2. The maximum atomic E-state index is 12.6. The summed E-state index contributed by atoms with van der Waals surface area (Å²) in [4.78, 5) is 22.2. The minimum Gasteiger partial charge on any atom is -0.508 e. The van der Waals surface area contributed by atoms with Crippen LogP contribution in [0.1, 0.15) is 29.7 Å². The normalized spacial score (nSPS) is 14.7. The molecule has 0 bridgehead atoms. The Morgan fingerprint density at radius 2 is 2.05 bits per heavy atom. The quantitative estimate of drug-likeness (QED) is 0.674. The molecule has 3 aromatic rings. The first-order chi connectivity index (χ1) is 10.7. The number of thiophene rings is 1. The second-order valence-electron chi connectivity index (χ2n) is 5.71. The smallest absolute Gasteiger partial charge is 0.260 e. The monoisotopic (exact) mass is 312 g/mol. The third-order valence-corrected chi connectivity index (χ3v) is 5.38. The van der Waals surface area contributed by atoms with E-state index in [2.05, 4.69) is 9.97 Å². The fraction of sp³-hybridized carbons (Fsp3) is 0.294. The highest BCUT2D eigenvalue weighted by atomic mass is 32.1. The van der Waals surface area contributed by atoms with Gasteiger partial charge in [-0.3, -0.25) is 4.79 Å². The lowest BCUT2D eigenvalue weighted by molar-refractivity contribution is 0.475. The van der Waals surface area contributed by atoms with Crippen molar-refractivity contribution in [3.63, 3.8) is 0 Å². The number of aromatic hydroxyl groups is 1. The number of fused-ring (bicyclic) bond motifs is 3. The number of hydrogen-bond donors (Lipinski definition) is 2. The highest BCUT2D eigenvalue weighted by Gasteiger charge is 2.19. The maximum absolute atomic E-state index is 12.6. The van der Waals surface area contributed by atoms with Crippen LogP contribution < -0.4 is 5.56 Å². The molecule has 2 heterocycles. The van der Waals surface area contributed by atoms with E-state index in [0.717, 1.165) is 35.0 Å². The van der Waals surface area contributed by atoms with Crippen molar-refractivity contribution in [2.24, 2.45) is 0 Å². The van der Waals surface area contributed by atoms with Gasteiger partial charge in [0.05, 0.1) is 5.39 Å². The number of phenolic OH excluding ortho intramolecular Hbond substituents is 1. The van der Waals surface area contributed by atoms with Gasteiger partial charge in [0.1, 0.15) is 16.4 Å². The van der Waals surface area contributed by atoms with E-state index in [1.165, 1.54) is 23.3 Å².